The molecule has 0 amide bonds. The van der Waals surface area contributed by atoms with Crippen LogP contribution < -0.4 is 14.8 Å². The van der Waals surface area contributed by atoms with Crippen LogP contribution in [0.5, 0.6) is 11.5 Å². The molecule has 0 aliphatic heterocycles. The number of benzene rings is 1. The molecule has 0 fully saturated rings. The van der Waals surface area contributed by atoms with Gasteiger partial charge in [-0.1, -0.05) is 25.1 Å². The highest BCUT2D eigenvalue weighted by atomic mass is 16.5. The maximum atomic E-state index is 5.68. The summed E-state index contributed by atoms with van der Waals surface area (Å²) in [6.45, 7) is 3.41. The van der Waals surface area contributed by atoms with Crippen LogP contribution in [0.1, 0.15) is 18.9 Å². The lowest BCUT2D eigenvalue weighted by atomic mass is 10.2. The Balaban J connectivity index is 2.06. The molecule has 106 valence electrons. The molecule has 0 aliphatic rings. The van der Waals surface area contributed by atoms with Crippen molar-refractivity contribution in [3.8, 4) is 11.5 Å². The van der Waals surface area contributed by atoms with Gasteiger partial charge in [-0.15, -0.1) is 0 Å². The van der Waals surface area contributed by atoms with E-state index < -0.39 is 0 Å². The first-order valence-corrected chi connectivity index (χ1v) is 6.78. The standard InChI is InChI=1S/C16H20N2O2/c1-3-11-20-15-9-6-10-17-16(15)18-12-13-7-4-5-8-14(13)19-2/h4-10H,3,11-12H2,1-2H3,(H,17,18). The second kappa shape index (κ2) is 7.38. The van der Waals surface area contributed by atoms with Gasteiger partial charge in [0, 0.05) is 18.3 Å². The predicted octanol–water partition coefficient (Wildman–Crippen LogP) is 3.49. The molecule has 0 spiro atoms. The molecular formula is C16H20N2O2. The Labute approximate surface area is 119 Å². The number of para-hydroxylation sites is 1. The average Bonchev–Trinajstić information content (AvgIpc) is 2.52. The molecule has 0 atom stereocenters. The molecule has 20 heavy (non-hydrogen) atoms. The zero-order valence-corrected chi connectivity index (χ0v) is 11.9. The van der Waals surface area contributed by atoms with Gasteiger partial charge in [0.25, 0.3) is 0 Å². The number of anilines is 1. The molecule has 1 aromatic heterocycles. The van der Waals surface area contributed by atoms with Crippen LogP contribution in [-0.2, 0) is 6.54 Å². The largest absolute Gasteiger partial charge is 0.496 e. The minimum atomic E-state index is 0.642. The lowest BCUT2D eigenvalue weighted by Crippen LogP contribution is -2.06. The highest BCUT2D eigenvalue weighted by Gasteiger charge is 2.06. The van der Waals surface area contributed by atoms with Gasteiger partial charge in [-0.2, -0.15) is 0 Å². The molecule has 1 heterocycles. The van der Waals surface area contributed by atoms with Crippen molar-refractivity contribution in [2.45, 2.75) is 19.9 Å². The number of nitrogens with zero attached hydrogens (tertiary/aromatic N) is 1. The molecule has 2 aromatic rings. The minimum absolute atomic E-state index is 0.642. The van der Waals surface area contributed by atoms with E-state index >= 15 is 0 Å². The lowest BCUT2D eigenvalue weighted by molar-refractivity contribution is 0.317. The summed E-state index contributed by atoms with van der Waals surface area (Å²) in [6, 6.07) is 11.7. The Morgan fingerprint density at radius 1 is 1.10 bits per heavy atom. The van der Waals surface area contributed by atoms with E-state index in [1.54, 1.807) is 13.3 Å². The third-order valence-electron chi connectivity index (χ3n) is 2.87. The van der Waals surface area contributed by atoms with Crippen molar-refractivity contribution >= 4 is 5.82 Å². The van der Waals surface area contributed by atoms with Crippen molar-refractivity contribution in [1.82, 2.24) is 4.98 Å². The number of aromatic nitrogens is 1. The van der Waals surface area contributed by atoms with Crippen molar-refractivity contribution in [3.63, 3.8) is 0 Å². The summed E-state index contributed by atoms with van der Waals surface area (Å²) in [7, 11) is 1.68. The van der Waals surface area contributed by atoms with Crippen LogP contribution in [0.4, 0.5) is 5.82 Å². The van der Waals surface area contributed by atoms with Gasteiger partial charge in [0.2, 0.25) is 0 Å². The molecule has 0 radical (unpaired) electrons. The van der Waals surface area contributed by atoms with Gasteiger partial charge in [0.05, 0.1) is 13.7 Å². The van der Waals surface area contributed by atoms with Gasteiger partial charge in [-0.05, 0) is 24.6 Å². The third-order valence-corrected chi connectivity index (χ3v) is 2.87. The zero-order valence-electron chi connectivity index (χ0n) is 11.9. The normalized spacial score (nSPS) is 10.1. The Kier molecular flexibility index (Phi) is 5.24. The molecule has 0 aliphatic carbocycles. The second-order valence-corrected chi connectivity index (χ2v) is 4.36. The Hall–Kier alpha value is -2.23. The van der Waals surface area contributed by atoms with Gasteiger partial charge in [-0.25, -0.2) is 4.98 Å². The third kappa shape index (κ3) is 3.63. The Bertz CT molecular complexity index is 544. The van der Waals surface area contributed by atoms with Gasteiger partial charge in [0.1, 0.15) is 5.75 Å². The van der Waals surface area contributed by atoms with Crippen molar-refractivity contribution in [3.05, 3.63) is 48.2 Å². The number of pyridine rings is 1. The molecule has 1 aromatic carbocycles. The summed E-state index contributed by atoms with van der Waals surface area (Å²) >= 11 is 0. The van der Waals surface area contributed by atoms with Crippen LogP contribution in [0.25, 0.3) is 0 Å². The fourth-order valence-corrected chi connectivity index (χ4v) is 1.88. The van der Waals surface area contributed by atoms with Crippen LogP contribution >= 0.6 is 0 Å². The summed E-state index contributed by atoms with van der Waals surface area (Å²) in [4.78, 5) is 4.33. The lowest BCUT2D eigenvalue weighted by Gasteiger charge is -2.13. The van der Waals surface area contributed by atoms with E-state index in [1.807, 2.05) is 36.4 Å². The summed E-state index contributed by atoms with van der Waals surface area (Å²) < 4.78 is 11.0. The number of ether oxygens (including phenoxy) is 2. The molecule has 0 saturated carbocycles. The molecule has 1 N–H and O–H groups in total. The molecule has 0 bridgehead atoms. The van der Waals surface area contributed by atoms with Crippen LogP contribution in [-0.4, -0.2) is 18.7 Å². The average molecular weight is 272 g/mol. The predicted molar refractivity (Wildman–Crippen MR) is 80.3 cm³/mol. The fraction of sp³-hybridized carbons (Fsp3) is 0.312. The number of hydrogen-bond donors (Lipinski definition) is 1. The molecule has 4 heteroatoms. The van der Waals surface area contributed by atoms with E-state index in [0.29, 0.717) is 13.2 Å². The number of methoxy groups -OCH3 is 1. The Morgan fingerprint density at radius 2 is 1.90 bits per heavy atom. The highest BCUT2D eigenvalue weighted by molar-refractivity contribution is 5.50. The molecule has 4 nitrogen and oxygen atoms in total. The van der Waals surface area contributed by atoms with E-state index in [9.17, 15) is 0 Å². The van der Waals surface area contributed by atoms with E-state index in [0.717, 1.165) is 29.3 Å². The molecular weight excluding hydrogens is 252 g/mol. The van der Waals surface area contributed by atoms with Crippen LogP contribution in [0.2, 0.25) is 0 Å². The smallest absolute Gasteiger partial charge is 0.169 e. The number of nitrogens with one attached hydrogen (secondary N) is 1. The fourth-order valence-electron chi connectivity index (χ4n) is 1.88. The first-order chi connectivity index (χ1) is 9.85. The maximum absolute atomic E-state index is 5.68. The topological polar surface area (TPSA) is 43.4 Å². The van der Waals surface area contributed by atoms with Gasteiger partial charge in [-0.3, -0.25) is 0 Å². The van der Waals surface area contributed by atoms with Crippen molar-refractivity contribution in [1.29, 1.82) is 0 Å². The quantitative estimate of drug-likeness (QED) is 0.838. The summed E-state index contributed by atoms with van der Waals surface area (Å²) in [5, 5.41) is 3.30. The first-order valence-electron chi connectivity index (χ1n) is 6.78. The summed E-state index contributed by atoms with van der Waals surface area (Å²) in [6.07, 6.45) is 2.73. The maximum Gasteiger partial charge on any atom is 0.169 e. The highest BCUT2D eigenvalue weighted by Crippen LogP contribution is 2.23. The van der Waals surface area contributed by atoms with Gasteiger partial charge >= 0.3 is 0 Å². The van der Waals surface area contributed by atoms with Gasteiger partial charge in [0.15, 0.2) is 11.6 Å². The van der Waals surface area contributed by atoms with Crippen molar-refractivity contribution in [2.75, 3.05) is 19.0 Å². The van der Waals surface area contributed by atoms with Crippen LogP contribution in [0.15, 0.2) is 42.6 Å². The number of rotatable bonds is 7. The van der Waals surface area contributed by atoms with Crippen molar-refractivity contribution in [2.24, 2.45) is 0 Å². The van der Waals surface area contributed by atoms with E-state index in [2.05, 4.69) is 17.2 Å². The number of hydrogen-bond acceptors (Lipinski definition) is 4. The van der Waals surface area contributed by atoms with Gasteiger partial charge < -0.3 is 14.8 Å². The summed E-state index contributed by atoms with van der Waals surface area (Å²) in [5.41, 5.74) is 1.09. The minimum Gasteiger partial charge on any atom is -0.496 e. The van der Waals surface area contributed by atoms with Crippen molar-refractivity contribution < 1.29 is 9.47 Å². The molecule has 0 unspecified atom stereocenters. The SMILES string of the molecule is CCCOc1cccnc1NCc1ccccc1OC. The summed E-state index contributed by atoms with van der Waals surface area (Å²) in [5.74, 6) is 2.41. The zero-order chi connectivity index (χ0) is 14.2. The van der Waals surface area contributed by atoms with Crippen LogP contribution in [0.3, 0.4) is 0 Å². The monoisotopic (exact) mass is 272 g/mol. The van der Waals surface area contributed by atoms with E-state index in [1.165, 1.54) is 0 Å². The van der Waals surface area contributed by atoms with E-state index in [4.69, 9.17) is 9.47 Å². The Morgan fingerprint density at radius 3 is 2.70 bits per heavy atom. The second-order valence-electron chi connectivity index (χ2n) is 4.36. The van der Waals surface area contributed by atoms with E-state index in [-0.39, 0.29) is 0 Å². The first kappa shape index (κ1) is 14.2. The molecule has 0 saturated heterocycles. The van der Waals surface area contributed by atoms with Crippen LogP contribution in [0, 0.1) is 0 Å². The molecule has 2 rings (SSSR count).